The number of nitrogens with zero attached hydrogens (tertiary/aromatic N) is 1. The van der Waals surface area contributed by atoms with Crippen LogP contribution in [0.5, 0.6) is 0 Å². The number of hydrogen-bond acceptors (Lipinski definition) is 2. The van der Waals surface area contributed by atoms with Gasteiger partial charge in [0.25, 0.3) is 5.91 Å². The minimum Gasteiger partial charge on any atom is -0.347 e. The van der Waals surface area contributed by atoms with Crippen molar-refractivity contribution in [3.63, 3.8) is 0 Å². The number of rotatable bonds is 5. The van der Waals surface area contributed by atoms with E-state index in [0.717, 1.165) is 25.8 Å². The van der Waals surface area contributed by atoms with E-state index in [2.05, 4.69) is 22.8 Å². The van der Waals surface area contributed by atoms with E-state index in [-0.39, 0.29) is 24.0 Å². The van der Waals surface area contributed by atoms with Crippen molar-refractivity contribution in [1.82, 2.24) is 15.5 Å². The van der Waals surface area contributed by atoms with E-state index in [0.29, 0.717) is 18.0 Å². The third-order valence-electron chi connectivity index (χ3n) is 5.63. The second kappa shape index (κ2) is 7.82. The highest BCUT2D eigenvalue weighted by Gasteiger charge is 2.47. The van der Waals surface area contributed by atoms with Crippen LogP contribution in [0.2, 0.25) is 0 Å². The summed E-state index contributed by atoms with van der Waals surface area (Å²) < 4.78 is 0. The van der Waals surface area contributed by atoms with E-state index in [9.17, 15) is 9.59 Å². The Morgan fingerprint density at radius 1 is 0.963 bits per heavy atom. The molecule has 0 spiro atoms. The van der Waals surface area contributed by atoms with E-state index >= 15 is 0 Å². The van der Waals surface area contributed by atoms with Crippen LogP contribution in [0.4, 0.5) is 4.79 Å². The Morgan fingerprint density at radius 2 is 1.67 bits per heavy atom. The number of fused-ring (bicyclic) bond motifs is 2. The molecule has 2 fully saturated rings. The smallest absolute Gasteiger partial charge is 0.317 e. The van der Waals surface area contributed by atoms with Crippen LogP contribution in [0.3, 0.4) is 0 Å². The van der Waals surface area contributed by atoms with Gasteiger partial charge in [0.05, 0.1) is 6.04 Å². The molecule has 1 aliphatic carbocycles. The second-order valence-corrected chi connectivity index (χ2v) is 7.47. The zero-order valence-electron chi connectivity index (χ0n) is 15.3. The summed E-state index contributed by atoms with van der Waals surface area (Å²) in [7, 11) is 0. The molecule has 2 aromatic carbocycles. The number of likely N-dealkylation sites (tertiary alicyclic amines) is 1. The van der Waals surface area contributed by atoms with Crippen LogP contribution in [0.1, 0.15) is 28.8 Å². The lowest BCUT2D eigenvalue weighted by atomic mass is 10.1. The van der Waals surface area contributed by atoms with Crippen LogP contribution in [0, 0.1) is 5.92 Å². The molecule has 3 atom stereocenters. The quantitative estimate of drug-likeness (QED) is 0.858. The molecule has 2 aromatic rings. The molecule has 1 heterocycles. The van der Waals surface area contributed by atoms with E-state index in [1.54, 1.807) is 0 Å². The third kappa shape index (κ3) is 3.97. The summed E-state index contributed by atoms with van der Waals surface area (Å²) in [5.74, 6) is 0.425. The van der Waals surface area contributed by atoms with Gasteiger partial charge in [-0.15, -0.1) is 0 Å². The number of benzene rings is 2. The molecule has 3 amide bonds. The molecule has 5 nitrogen and oxygen atoms in total. The van der Waals surface area contributed by atoms with Crippen molar-refractivity contribution in [3.8, 4) is 0 Å². The summed E-state index contributed by atoms with van der Waals surface area (Å²) in [6.45, 7) is 1.41. The van der Waals surface area contributed by atoms with Crippen LogP contribution in [-0.4, -0.2) is 42.0 Å². The van der Waals surface area contributed by atoms with Gasteiger partial charge in [-0.2, -0.15) is 0 Å². The normalized spacial score (nSPS) is 23.3. The van der Waals surface area contributed by atoms with Gasteiger partial charge in [0.1, 0.15) is 0 Å². The van der Waals surface area contributed by atoms with Crippen LogP contribution in [0.15, 0.2) is 60.7 Å². The maximum atomic E-state index is 12.6. The molecule has 2 aliphatic rings. The van der Waals surface area contributed by atoms with Gasteiger partial charge in [-0.3, -0.25) is 4.79 Å². The monoisotopic (exact) mass is 363 g/mol. The standard InChI is InChI=1S/C22H25N3O2/c26-21(18-9-5-2-6-10-18)24-19-13-17-14-20(19)25(15-17)22(27)23-12-11-16-7-3-1-4-8-16/h1-10,17,19-20H,11-15H2,(H,23,27)(H,24,26)/t17-,19+,20-/m1/s1. The molecular weight excluding hydrogens is 338 g/mol. The van der Waals surface area contributed by atoms with Gasteiger partial charge in [0.2, 0.25) is 0 Å². The molecular formula is C22H25N3O2. The molecule has 5 heteroatoms. The Hall–Kier alpha value is -2.82. The number of piperidine rings is 1. The molecule has 1 saturated heterocycles. The van der Waals surface area contributed by atoms with Crippen LogP contribution < -0.4 is 10.6 Å². The molecule has 140 valence electrons. The molecule has 2 bridgehead atoms. The zero-order chi connectivity index (χ0) is 18.6. The first-order chi connectivity index (χ1) is 13.2. The first-order valence-electron chi connectivity index (χ1n) is 9.65. The molecule has 1 saturated carbocycles. The third-order valence-corrected chi connectivity index (χ3v) is 5.63. The average molecular weight is 363 g/mol. The van der Waals surface area contributed by atoms with E-state index in [4.69, 9.17) is 0 Å². The van der Waals surface area contributed by atoms with Gasteiger partial charge in [-0.05, 0) is 42.9 Å². The Morgan fingerprint density at radius 3 is 2.37 bits per heavy atom. The predicted octanol–water partition coefficient (Wildman–Crippen LogP) is 2.83. The fraction of sp³-hybridized carbons (Fsp3) is 0.364. The van der Waals surface area contributed by atoms with Crippen molar-refractivity contribution in [2.75, 3.05) is 13.1 Å². The van der Waals surface area contributed by atoms with Crippen molar-refractivity contribution in [2.45, 2.75) is 31.3 Å². The first kappa shape index (κ1) is 17.6. The fourth-order valence-corrected chi connectivity index (χ4v) is 4.32. The molecule has 27 heavy (non-hydrogen) atoms. The fourth-order valence-electron chi connectivity index (χ4n) is 4.32. The number of carbonyl (C=O) groups is 2. The molecule has 0 aromatic heterocycles. The highest BCUT2D eigenvalue weighted by molar-refractivity contribution is 5.94. The highest BCUT2D eigenvalue weighted by Crippen LogP contribution is 2.37. The van der Waals surface area contributed by atoms with Crippen LogP contribution in [-0.2, 0) is 6.42 Å². The molecule has 4 rings (SSSR count). The Bertz CT molecular complexity index is 794. The van der Waals surface area contributed by atoms with Gasteiger partial charge in [-0.1, -0.05) is 48.5 Å². The Balaban J connectivity index is 1.31. The summed E-state index contributed by atoms with van der Waals surface area (Å²) in [5.41, 5.74) is 1.88. The molecule has 0 unspecified atom stereocenters. The Labute approximate surface area is 159 Å². The van der Waals surface area contributed by atoms with Gasteiger partial charge in [0.15, 0.2) is 0 Å². The van der Waals surface area contributed by atoms with Crippen molar-refractivity contribution in [2.24, 2.45) is 5.92 Å². The van der Waals surface area contributed by atoms with Crippen LogP contribution >= 0.6 is 0 Å². The zero-order valence-corrected chi connectivity index (χ0v) is 15.3. The summed E-state index contributed by atoms with van der Waals surface area (Å²) in [5, 5.41) is 6.17. The minimum atomic E-state index is -0.0578. The number of amides is 3. The van der Waals surface area contributed by atoms with Crippen molar-refractivity contribution in [3.05, 3.63) is 71.8 Å². The van der Waals surface area contributed by atoms with Gasteiger partial charge >= 0.3 is 6.03 Å². The van der Waals surface area contributed by atoms with Gasteiger partial charge < -0.3 is 15.5 Å². The maximum absolute atomic E-state index is 12.6. The van der Waals surface area contributed by atoms with E-state index < -0.39 is 0 Å². The lowest BCUT2D eigenvalue weighted by molar-refractivity contribution is 0.0902. The lowest BCUT2D eigenvalue weighted by Gasteiger charge is -2.33. The number of urea groups is 1. The first-order valence-corrected chi connectivity index (χ1v) is 9.65. The van der Waals surface area contributed by atoms with E-state index in [1.165, 1.54) is 5.56 Å². The average Bonchev–Trinajstić information content (AvgIpc) is 3.30. The second-order valence-electron chi connectivity index (χ2n) is 7.47. The SMILES string of the molecule is O=C(N[C@H]1C[C@@H]2C[C@H]1N(C(=O)NCCc1ccccc1)C2)c1ccccc1. The van der Waals surface area contributed by atoms with Crippen molar-refractivity contribution in [1.29, 1.82) is 0 Å². The number of carbonyl (C=O) groups excluding carboxylic acids is 2. The Kier molecular flexibility index (Phi) is 5.10. The van der Waals surface area contributed by atoms with Gasteiger partial charge in [0, 0.05) is 24.7 Å². The largest absolute Gasteiger partial charge is 0.347 e. The predicted molar refractivity (Wildman–Crippen MR) is 104 cm³/mol. The summed E-state index contributed by atoms with van der Waals surface area (Å²) in [6.07, 6.45) is 2.76. The summed E-state index contributed by atoms with van der Waals surface area (Å²) in [4.78, 5) is 27.0. The summed E-state index contributed by atoms with van der Waals surface area (Å²) in [6, 6.07) is 19.5. The van der Waals surface area contributed by atoms with E-state index in [1.807, 2.05) is 53.4 Å². The maximum Gasteiger partial charge on any atom is 0.317 e. The van der Waals surface area contributed by atoms with Crippen molar-refractivity contribution >= 4 is 11.9 Å². The van der Waals surface area contributed by atoms with Crippen molar-refractivity contribution < 1.29 is 9.59 Å². The van der Waals surface area contributed by atoms with Crippen LogP contribution in [0.25, 0.3) is 0 Å². The molecule has 2 N–H and O–H groups in total. The summed E-state index contributed by atoms with van der Waals surface area (Å²) >= 11 is 0. The minimum absolute atomic E-state index is 0.0166. The topological polar surface area (TPSA) is 61.4 Å². The van der Waals surface area contributed by atoms with Gasteiger partial charge in [-0.25, -0.2) is 4.79 Å². The molecule has 1 aliphatic heterocycles. The lowest BCUT2D eigenvalue weighted by Crippen LogP contribution is -2.54. The highest BCUT2D eigenvalue weighted by atomic mass is 16.2. The molecule has 0 radical (unpaired) electrons. The number of nitrogens with one attached hydrogen (secondary N) is 2. The number of hydrogen-bond donors (Lipinski definition) is 2.